The summed E-state index contributed by atoms with van der Waals surface area (Å²) in [6, 6.07) is 18.4. The van der Waals surface area contributed by atoms with Crippen molar-refractivity contribution >= 4 is 28.9 Å². The van der Waals surface area contributed by atoms with E-state index in [1.54, 1.807) is 17.0 Å². The lowest BCUT2D eigenvalue weighted by Crippen LogP contribution is -2.15. The van der Waals surface area contributed by atoms with Crippen LogP contribution in [0.15, 0.2) is 88.4 Å². The van der Waals surface area contributed by atoms with Crippen molar-refractivity contribution in [3.05, 3.63) is 94.2 Å². The van der Waals surface area contributed by atoms with E-state index in [0.717, 1.165) is 39.6 Å². The number of aromatic hydroxyl groups is 2. The fourth-order valence-corrected chi connectivity index (χ4v) is 4.32. The molecule has 1 aromatic heterocycles. The summed E-state index contributed by atoms with van der Waals surface area (Å²) in [5.41, 5.74) is 6.03. The van der Waals surface area contributed by atoms with E-state index in [1.807, 2.05) is 54.8 Å². The van der Waals surface area contributed by atoms with Crippen LogP contribution in [0.5, 0.6) is 17.2 Å². The Labute approximate surface area is 200 Å². The summed E-state index contributed by atoms with van der Waals surface area (Å²) in [5, 5.41) is 29.4. The Kier molecular flexibility index (Phi) is 5.65. The van der Waals surface area contributed by atoms with Gasteiger partial charge < -0.3 is 20.3 Å². The molecule has 0 saturated carbocycles. The lowest BCUT2D eigenvalue weighted by atomic mass is 10.1. The first-order valence-electron chi connectivity index (χ1n) is 10.6. The lowest BCUT2D eigenvalue weighted by Gasteiger charge is -2.21. The number of ether oxygens (including phenoxy) is 1. The number of nitrogens with one attached hydrogen (secondary N) is 1. The molecule has 0 aliphatic carbocycles. The van der Waals surface area contributed by atoms with Crippen molar-refractivity contribution in [2.75, 3.05) is 11.9 Å². The van der Waals surface area contributed by atoms with Crippen LogP contribution in [0.25, 0.3) is 11.3 Å². The third kappa shape index (κ3) is 4.44. The van der Waals surface area contributed by atoms with Gasteiger partial charge in [-0.1, -0.05) is 24.3 Å². The van der Waals surface area contributed by atoms with E-state index in [1.165, 1.54) is 23.5 Å². The zero-order valence-electron chi connectivity index (χ0n) is 18.4. The van der Waals surface area contributed by atoms with E-state index >= 15 is 0 Å². The van der Waals surface area contributed by atoms with Crippen molar-refractivity contribution in [2.24, 2.45) is 10.1 Å². The molecule has 0 unspecified atom stereocenters. The maximum atomic E-state index is 9.83. The summed E-state index contributed by atoms with van der Waals surface area (Å²) in [5.74, 6) is 0.386. The standard InChI is InChI=1S/C26H22N4O3S/c1-16-3-7-20(8-4-16)29-26-30(27-13-18-5-9-23(31)24(32)11-18)22(15-34-26)19-6-10-25-21(12-19)28-17(2)14-33-25/h3-13,15,28,31-32H,2,14H2,1H3/b27-13+,29-26-. The second-order valence-corrected chi connectivity index (χ2v) is 8.72. The Morgan fingerprint density at radius 2 is 1.88 bits per heavy atom. The topological polar surface area (TPSA) is 91.4 Å². The van der Waals surface area contributed by atoms with Crippen LogP contribution in [0.3, 0.4) is 0 Å². The van der Waals surface area contributed by atoms with Crippen molar-refractivity contribution < 1.29 is 14.9 Å². The number of nitrogens with zero attached hydrogens (tertiary/aromatic N) is 3. The summed E-state index contributed by atoms with van der Waals surface area (Å²) in [6.45, 7) is 6.42. The summed E-state index contributed by atoms with van der Waals surface area (Å²) >= 11 is 1.47. The zero-order valence-corrected chi connectivity index (χ0v) is 19.2. The maximum absolute atomic E-state index is 9.83. The SMILES string of the molecule is C=C1COc2ccc(-c3cs/c(=N\c4ccc(C)cc4)n3/N=C/c3ccc(O)c(O)c3)cc2N1. The van der Waals surface area contributed by atoms with Gasteiger partial charge in [-0.3, -0.25) is 0 Å². The molecule has 0 spiro atoms. The van der Waals surface area contributed by atoms with Crippen molar-refractivity contribution in [2.45, 2.75) is 6.92 Å². The molecule has 0 amide bonds. The van der Waals surface area contributed by atoms with Crippen molar-refractivity contribution in [1.29, 1.82) is 0 Å². The molecule has 5 rings (SSSR count). The van der Waals surface area contributed by atoms with Crippen molar-refractivity contribution in [3.8, 4) is 28.5 Å². The van der Waals surface area contributed by atoms with Gasteiger partial charge in [-0.05, 0) is 61.0 Å². The van der Waals surface area contributed by atoms with Gasteiger partial charge in [-0.15, -0.1) is 11.3 Å². The molecule has 7 nitrogen and oxygen atoms in total. The van der Waals surface area contributed by atoms with Crippen LogP contribution < -0.4 is 14.9 Å². The molecule has 1 aliphatic rings. The summed E-state index contributed by atoms with van der Waals surface area (Å²) < 4.78 is 7.48. The number of phenols is 2. The first-order valence-corrected chi connectivity index (χ1v) is 11.4. The maximum Gasteiger partial charge on any atom is 0.211 e. The number of benzene rings is 3. The average molecular weight is 471 g/mol. The third-order valence-corrected chi connectivity index (χ3v) is 6.07. The molecule has 0 bridgehead atoms. The molecule has 0 fully saturated rings. The van der Waals surface area contributed by atoms with E-state index in [4.69, 9.17) is 9.73 Å². The van der Waals surface area contributed by atoms with Gasteiger partial charge in [-0.25, -0.2) is 9.67 Å². The van der Waals surface area contributed by atoms with Crippen LogP contribution in [0.4, 0.5) is 11.4 Å². The highest BCUT2D eigenvalue weighted by atomic mass is 32.1. The number of anilines is 1. The molecule has 8 heteroatoms. The molecule has 1 aliphatic heterocycles. The van der Waals surface area contributed by atoms with Gasteiger partial charge in [0.25, 0.3) is 0 Å². The van der Waals surface area contributed by atoms with Crippen LogP contribution in [-0.4, -0.2) is 27.7 Å². The quantitative estimate of drug-likeness (QED) is 0.276. The molecule has 34 heavy (non-hydrogen) atoms. The number of phenolic OH excluding ortho intramolecular Hbond substituents is 2. The van der Waals surface area contributed by atoms with E-state index in [0.29, 0.717) is 17.0 Å². The fourth-order valence-electron chi connectivity index (χ4n) is 3.47. The third-order valence-electron chi connectivity index (χ3n) is 5.25. The van der Waals surface area contributed by atoms with Crippen molar-refractivity contribution in [1.82, 2.24) is 4.68 Å². The molecular weight excluding hydrogens is 448 g/mol. The summed E-state index contributed by atoms with van der Waals surface area (Å²) in [7, 11) is 0. The van der Waals surface area contributed by atoms with Gasteiger partial charge in [0.15, 0.2) is 11.5 Å². The number of fused-ring (bicyclic) bond motifs is 1. The van der Waals surface area contributed by atoms with Gasteiger partial charge in [0.2, 0.25) is 4.80 Å². The first kappa shape index (κ1) is 21.5. The highest BCUT2D eigenvalue weighted by molar-refractivity contribution is 7.07. The Bertz CT molecular complexity index is 1480. The largest absolute Gasteiger partial charge is 0.504 e. The Balaban J connectivity index is 1.62. The number of hydrogen-bond acceptors (Lipinski definition) is 7. The normalized spacial score (nSPS) is 13.6. The van der Waals surface area contributed by atoms with Gasteiger partial charge >= 0.3 is 0 Å². The first-order chi connectivity index (χ1) is 16.5. The summed E-state index contributed by atoms with van der Waals surface area (Å²) in [6.07, 6.45) is 1.62. The zero-order chi connectivity index (χ0) is 23.7. The molecule has 0 saturated heterocycles. The van der Waals surface area contributed by atoms with Crippen LogP contribution >= 0.6 is 11.3 Å². The molecule has 2 heterocycles. The Morgan fingerprint density at radius 1 is 1.06 bits per heavy atom. The predicted octanol–water partition coefficient (Wildman–Crippen LogP) is 5.37. The van der Waals surface area contributed by atoms with Gasteiger partial charge in [-0.2, -0.15) is 5.10 Å². The second-order valence-electron chi connectivity index (χ2n) is 7.88. The van der Waals surface area contributed by atoms with E-state index in [2.05, 4.69) is 17.0 Å². The monoisotopic (exact) mass is 470 g/mol. The minimum absolute atomic E-state index is 0.179. The van der Waals surface area contributed by atoms with Gasteiger partial charge in [0, 0.05) is 16.6 Å². The van der Waals surface area contributed by atoms with Crippen molar-refractivity contribution in [3.63, 3.8) is 0 Å². The molecular formula is C26H22N4O3S. The van der Waals surface area contributed by atoms with Gasteiger partial charge in [0.05, 0.1) is 23.3 Å². The number of rotatable bonds is 4. The van der Waals surface area contributed by atoms with Crippen LogP contribution in [0.1, 0.15) is 11.1 Å². The number of thiazole rings is 1. The molecule has 0 atom stereocenters. The number of aromatic nitrogens is 1. The Hall–Kier alpha value is -4.30. The predicted molar refractivity (Wildman–Crippen MR) is 135 cm³/mol. The van der Waals surface area contributed by atoms with Crippen LogP contribution in [-0.2, 0) is 0 Å². The summed E-state index contributed by atoms with van der Waals surface area (Å²) in [4.78, 5) is 5.48. The number of aryl methyl sites for hydroxylation is 1. The lowest BCUT2D eigenvalue weighted by molar-refractivity contribution is 0.346. The fraction of sp³-hybridized carbons (Fsp3) is 0.0769. The number of hydrogen-bond donors (Lipinski definition) is 3. The van der Waals surface area contributed by atoms with E-state index < -0.39 is 0 Å². The van der Waals surface area contributed by atoms with Crippen LogP contribution in [0, 0.1) is 6.92 Å². The molecule has 170 valence electrons. The minimum atomic E-state index is -0.204. The van der Waals surface area contributed by atoms with E-state index in [-0.39, 0.29) is 11.5 Å². The molecule has 3 aromatic carbocycles. The molecule has 3 N–H and O–H groups in total. The molecule has 4 aromatic rings. The highest BCUT2D eigenvalue weighted by Gasteiger charge is 2.15. The smallest absolute Gasteiger partial charge is 0.211 e. The minimum Gasteiger partial charge on any atom is -0.504 e. The van der Waals surface area contributed by atoms with Crippen LogP contribution in [0.2, 0.25) is 0 Å². The second kappa shape index (κ2) is 8.92. The Morgan fingerprint density at radius 3 is 2.68 bits per heavy atom. The average Bonchev–Trinajstić information content (AvgIpc) is 3.23. The van der Waals surface area contributed by atoms with E-state index in [9.17, 15) is 10.2 Å². The van der Waals surface area contributed by atoms with Gasteiger partial charge in [0.1, 0.15) is 12.4 Å². The highest BCUT2D eigenvalue weighted by Crippen LogP contribution is 2.34. The molecule has 0 radical (unpaired) electrons.